The van der Waals surface area contributed by atoms with Gasteiger partial charge in [0.1, 0.15) is 0 Å². The molecule has 5 heteroatoms. The van der Waals surface area contributed by atoms with Gasteiger partial charge >= 0.3 is 0 Å². The van der Waals surface area contributed by atoms with E-state index < -0.39 is 0 Å². The Bertz CT molecular complexity index is 886. The molecule has 0 unspecified atom stereocenters. The van der Waals surface area contributed by atoms with Crippen LogP contribution in [0.2, 0.25) is 0 Å². The molecule has 0 spiro atoms. The number of benzene rings is 2. The van der Waals surface area contributed by atoms with Gasteiger partial charge in [-0.25, -0.2) is 0 Å². The second kappa shape index (κ2) is 5.76. The molecule has 1 saturated heterocycles. The van der Waals surface area contributed by atoms with Crippen molar-refractivity contribution in [1.29, 1.82) is 0 Å². The lowest BCUT2D eigenvalue weighted by Gasteiger charge is -2.14. The molecule has 4 rings (SSSR count). The fourth-order valence-electron chi connectivity index (χ4n) is 3.13. The molecule has 2 aliphatic heterocycles. The van der Waals surface area contributed by atoms with Gasteiger partial charge in [-0.05, 0) is 25.1 Å². The molecule has 1 amide bonds. The third-order valence-corrected chi connectivity index (χ3v) is 5.79. The number of carbonyl (C=O) groups is 1. The van der Waals surface area contributed by atoms with Crippen molar-refractivity contribution in [3.8, 4) is 0 Å². The van der Waals surface area contributed by atoms with Crippen LogP contribution >= 0.6 is 24.0 Å². The lowest BCUT2D eigenvalue weighted by Crippen LogP contribution is -2.27. The van der Waals surface area contributed by atoms with Gasteiger partial charge in [0.15, 0.2) is 4.32 Å². The van der Waals surface area contributed by atoms with E-state index in [-0.39, 0.29) is 5.91 Å². The van der Waals surface area contributed by atoms with Crippen LogP contribution in [0.3, 0.4) is 0 Å². The van der Waals surface area contributed by atoms with Crippen LogP contribution in [0.1, 0.15) is 11.1 Å². The molecule has 0 radical (unpaired) electrons. The summed E-state index contributed by atoms with van der Waals surface area (Å²) in [4.78, 5) is 17.6. The van der Waals surface area contributed by atoms with Crippen molar-refractivity contribution in [2.24, 2.45) is 0 Å². The molecule has 2 aromatic carbocycles. The van der Waals surface area contributed by atoms with E-state index >= 15 is 0 Å². The maximum absolute atomic E-state index is 13.0. The quantitative estimate of drug-likeness (QED) is 0.566. The average molecular weight is 352 g/mol. The van der Waals surface area contributed by atoms with Crippen LogP contribution in [0.25, 0.3) is 5.57 Å². The first-order chi connectivity index (χ1) is 11.6. The van der Waals surface area contributed by atoms with Crippen molar-refractivity contribution >= 4 is 51.2 Å². The molecule has 1 fully saturated rings. The molecule has 0 saturated carbocycles. The summed E-state index contributed by atoms with van der Waals surface area (Å²) in [5.41, 5.74) is 5.35. The molecule has 0 aromatic heterocycles. The summed E-state index contributed by atoms with van der Waals surface area (Å²) < 4.78 is 0.596. The van der Waals surface area contributed by atoms with Gasteiger partial charge in [-0.3, -0.25) is 9.69 Å². The van der Waals surface area contributed by atoms with E-state index in [4.69, 9.17) is 12.2 Å². The summed E-state index contributed by atoms with van der Waals surface area (Å²) in [5, 5.41) is 0. The van der Waals surface area contributed by atoms with Gasteiger partial charge < -0.3 is 4.90 Å². The third kappa shape index (κ3) is 2.36. The highest BCUT2D eigenvalue weighted by molar-refractivity contribution is 8.27. The van der Waals surface area contributed by atoms with Gasteiger partial charge in [-0.2, -0.15) is 0 Å². The van der Waals surface area contributed by atoms with Crippen LogP contribution in [0.5, 0.6) is 0 Å². The Morgan fingerprint density at radius 2 is 1.79 bits per heavy atom. The maximum atomic E-state index is 13.0. The smallest absolute Gasteiger partial charge is 0.271 e. The van der Waals surface area contributed by atoms with Gasteiger partial charge in [0.2, 0.25) is 0 Å². The zero-order valence-corrected chi connectivity index (χ0v) is 15.1. The van der Waals surface area contributed by atoms with Crippen LogP contribution in [-0.4, -0.2) is 23.8 Å². The molecule has 0 bridgehead atoms. The van der Waals surface area contributed by atoms with E-state index in [1.165, 1.54) is 11.8 Å². The van der Waals surface area contributed by atoms with Crippen molar-refractivity contribution in [1.82, 2.24) is 0 Å². The Morgan fingerprint density at radius 1 is 1.08 bits per heavy atom. The van der Waals surface area contributed by atoms with Crippen molar-refractivity contribution in [2.45, 2.75) is 6.92 Å². The molecule has 2 heterocycles. The molecule has 2 aromatic rings. The summed E-state index contributed by atoms with van der Waals surface area (Å²) in [7, 11) is 2.05. The molecule has 0 N–H and O–H groups in total. The van der Waals surface area contributed by atoms with Crippen molar-refractivity contribution in [2.75, 3.05) is 23.4 Å². The summed E-state index contributed by atoms with van der Waals surface area (Å²) >= 11 is 6.90. The third-order valence-electron chi connectivity index (χ3n) is 4.37. The summed E-state index contributed by atoms with van der Waals surface area (Å²) in [6, 6.07) is 16.1. The van der Waals surface area contributed by atoms with Crippen LogP contribution in [0.4, 0.5) is 11.4 Å². The van der Waals surface area contributed by atoms with Gasteiger partial charge in [0, 0.05) is 30.4 Å². The summed E-state index contributed by atoms with van der Waals surface area (Å²) in [5.74, 6) is -0.0195. The minimum absolute atomic E-state index is 0.0195. The van der Waals surface area contributed by atoms with Gasteiger partial charge in [0.05, 0.1) is 10.6 Å². The zero-order valence-electron chi connectivity index (χ0n) is 13.4. The van der Waals surface area contributed by atoms with Crippen molar-refractivity contribution in [3.63, 3.8) is 0 Å². The fourth-order valence-corrected chi connectivity index (χ4v) is 4.50. The molecular formula is C19H16N2OS2. The first-order valence-corrected chi connectivity index (χ1v) is 8.95. The number of anilines is 2. The van der Waals surface area contributed by atoms with Crippen LogP contribution in [-0.2, 0) is 4.79 Å². The Labute approximate surface area is 151 Å². The Morgan fingerprint density at radius 3 is 2.54 bits per heavy atom. The first kappa shape index (κ1) is 15.4. The highest BCUT2D eigenvalue weighted by Crippen LogP contribution is 2.44. The number of hydrogen-bond donors (Lipinski definition) is 0. The molecule has 120 valence electrons. The van der Waals surface area contributed by atoms with E-state index in [1.807, 2.05) is 50.4 Å². The van der Waals surface area contributed by atoms with Gasteiger partial charge in [-0.15, -0.1) is 0 Å². The van der Waals surface area contributed by atoms with Crippen LogP contribution < -0.4 is 9.80 Å². The normalized spacial score (nSPS) is 20.1. The maximum Gasteiger partial charge on any atom is 0.271 e. The second-order valence-electron chi connectivity index (χ2n) is 6.02. The Balaban J connectivity index is 1.78. The number of para-hydroxylation sites is 1. The molecule has 0 aliphatic carbocycles. The van der Waals surface area contributed by atoms with Crippen molar-refractivity contribution in [3.05, 3.63) is 64.6 Å². The second-order valence-corrected chi connectivity index (χ2v) is 7.67. The number of nitrogens with zero attached hydrogens (tertiary/aromatic N) is 2. The number of hydrogen-bond acceptors (Lipinski definition) is 4. The first-order valence-electron chi connectivity index (χ1n) is 7.73. The lowest BCUT2D eigenvalue weighted by atomic mass is 10.1. The van der Waals surface area contributed by atoms with E-state index in [2.05, 4.69) is 17.0 Å². The van der Waals surface area contributed by atoms with Crippen LogP contribution in [0, 0.1) is 6.92 Å². The number of aryl methyl sites for hydroxylation is 1. The molecule has 3 nitrogen and oxygen atoms in total. The number of amides is 1. The SMILES string of the molecule is Cc1ccc(N2C(=O)/C(=C3/CN(C)c4ccccc43)SC2=S)cc1. The number of likely N-dealkylation sites (N-methyl/N-ethyl adjacent to an activating group) is 1. The molecule has 2 aliphatic rings. The molecule has 24 heavy (non-hydrogen) atoms. The lowest BCUT2D eigenvalue weighted by molar-refractivity contribution is -0.113. The minimum atomic E-state index is -0.0195. The molecular weight excluding hydrogens is 336 g/mol. The molecule has 0 atom stereocenters. The topological polar surface area (TPSA) is 23.6 Å². The largest absolute Gasteiger partial charge is 0.370 e. The Hall–Kier alpha value is -2.11. The Kier molecular flexibility index (Phi) is 3.70. The van der Waals surface area contributed by atoms with E-state index in [0.29, 0.717) is 4.32 Å². The standard InChI is InChI=1S/C19H16N2OS2/c1-12-7-9-13(10-8-12)21-18(22)17(24-19(21)23)15-11-20(2)16-6-4-3-5-14(15)16/h3-10H,11H2,1-2H3/b17-15+. The van der Waals surface area contributed by atoms with E-state index in [1.54, 1.807) is 4.90 Å². The van der Waals surface area contributed by atoms with Gasteiger partial charge in [-0.1, -0.05) is 59.9 Å². The zero-order chi connectivity index (χ0) is 16.8. The number of rotatable bonds is 1. The van der Waals surface area contributed by atoms with Crippen LogP contribution in [0.15, 0.2) is 53.4 Å². The number of carbonyl (C=O) groups excluding carboxylic acids is 1. The monoisotopic (exact) mass is 352 g/mol. The summed E-state index contributed by atoms with van der Waals surface area (Å²) in [6.07, 6.45) is 0. The van der Waals surface area contributed by atoms with E-state index in [9.17, 15) is 4.79 Å². The highest BCUT2D eigenvalue weighted by atomic mass is 32.2. The fraction of sp³-hybridized carbons (Fsp3) is 0.158. The van der Waals surface area contributed by atoms with Gasteiger partial charge in [0.25, 0.3) is 5.91 Å². The van der Waals surface area contributed by atoms with Crippen molar-refractivity contribution < 1.29 is 4.79 Å². The average Bonchev–Trinajstić information content (AvgIpc) is 3.06. The predicted octanol–water partition coefficient (Wildman–Crippen LogP) is 4.22. The number of thioether (sulfide) groups is 1. The predicted molar refractivity (Wildman–Crippen MR) is 105 cm³/mol. The number of thiocarbonyl (C=S) groups is 1. The highest BCUT2D eigenvalue weighted by Gasteiger charge is 2.37. The minimum Gasteiger partial charge on any atom is -0.370 e. The number of fused-ring (bicyclic) bond motifs is 1. The summed E-state index contributed by atoms with van der Waals surface area (Å²) in [6.45, 7) is 2.76. The van der Waals surface area contributed by atoms with E-state index in [0.717, 1.165) is 39.5 Å².